The molecule has 0 aliphatic heterocycles. The highest BCUT2D eigenvalue weighted by Gasteiger charge is 2.20. The minimum absolute atomic E-state index is 0.106. The zero-order valence-corrected chi connectivity index (χ0v) is 9.25. The summed E-state index contributed by atoms with van der Waals surface area (Å²) in [6, 6.07) is 3.85. The lowest BCUT2D eigenvalue weighted by Gasteiger charge is -2.18. The van der Waals surface area contributed by atoms with Gasteiger partial charge in [-0.1, -0.05) is 6.07 Å². The van der Waals surface area contributed by atoms with Crippen LogP contribution in [0.1, 0.15) is 10.5 Å². The van der Waals surface area contributed by atoms with Crippen LogP contribution in [-0.2, 0) is 9.59 Å². The SMILES string of the molecule is NC(=O)CN(CC(=O)O)C(=O)c1cccc(=O)[nH]1. The summed E-state index contributed by atoms with van der Waals surface area (Å²) in [6.45, 7) is -1.22. The maximum atomic E-state index is 11.9. The third-order valence-corrected chi connectivity index (χ3v) is 1.96. The molecule has 0 aliphatic rings. The highest BCUT2D eigenvalue weighted by Crippen LogP contribution is 1.99. The molecule has 0 saturated heterocycles. The average Bonchev–Trinajstić information content (AvgIpc) is 2.26. The topological polar surface area (TPSA) is 134 Å². The van der Waals surface area contributed by atoms with Gasteiger partial charge >= 0.3 is 5.97 Å². The Hall–Kier alpha value is -2.64. The molecule has 4 N–H and O–H groups in total. The van der Waals surface area contributed by atoms with E-state index < -0.39 is 36.4 Å². The molecule has 2 amide bonds. The number of rotatable bonds is 5. The van der Waals surface area contributed by atoms with E-state index in [1.165, 1.54) is 18.2 Å². The Balaban J connectivity index is 2.97. The molecule has 96 valence electrons. The molecule has 0 aliphatic carbocycles. The molecule has 1 rings (SSSR count). The molecule has 8 nitrogen and oxygen atoms in total. The quantitative estimate of drug-likeness (QED) is 0.580. The number of carboxylic acid groups (broad SMARTS) is 1. The first-order valence-electron chi connectivity index (χ1n) is 4.89. The van der Waals surface area contributed by atoms with Gasteiger partial charge in [-0.3, -0.25) is 19.2 Å². The predicted octanol–water partition coefficient (Wildman–Crippen LogP) is -1.61. The van der Waals surface area contributed by atoms with Crippen LogP contribution in [0.2, 0.25) is 0 Å². The molecule has 1 aromatic rings. The van der Waals surface area contributed by atoms with Crippen molar-refractivity contribution in [2.75, 3.05) is 13.1 Å². The molecule has 18 heavy (non-hydrogen) atoms. The minimum atomic E-state index is -1.29. The number of aromatic amines is 1. The van der Waals surface area contributed by atoms with Gasteiger partial charge in [-0.25, -0.2) is 0 Å². The molecule has 0 fully saturated rings. The highest BCUT2D eigenvalue weighted by atomic mass is 16.4. The van der Waals surface area contributed by atoms with Crippen LogP contribution in [0.15, 0.2) is 23.0 Å². The number of carboxylic acids is 1. The molecular weight excluding hydrogens is 242 g/mol. The van der Waals surface area contributed by atoms with E-state index in [0.29, 0.717) is 0 Å². The first-order chi connectivity index (χ1) is 8.40. The van der Waals surface area contributed by atoms with Crippen LogP contribution in [0, 0.1) is 0 Å². The number of carbonyl (C=O) groups excluding carboxylic acids is 2. The summed E-state index contributed by atoms with van der Waals surface area (Å²) in [5.74, 6) is -2.92. The number of nitrogens with two attached hydrogens (primary N) is 1. The highest BCUT2D eigenvalue weighted by molar-refractivity contribution is 5.96. The van der Waals surface area contributed by atoms with Gasteiger partial charge in [0, 0.05) is 6.07 Å². The summed E-state index contributed by atoms with van der Waals surface area (Å²) in [6.07, 6.45) is 0. The Morgan fingerprint density at radius 1 is 1.28 bits per heavy atom. The zero-order valence-electron chi connectivity index (χ0n) is 9.25. The minimum Gasteiger partial charge on any atom is -0.480 e. The molecule has 8 heteroatoms. The number of hydrogen-bond acceptors (Lipinski definition) is 4. The number of hydrogen-bond donors (Lipinski definition) is 3. The van der Waals surface area contributed by atoms with Gasteiger partial charge in [0.25, 0.3) is 5.91 Å². The fourth-order valence-corrected chi connectivity index (χ4v) is 1.29. The number of carbonyl (C=O) groups is 3. The van der Waals surface area contributed by atoms with Crippen molar-refractivity contribution in [1.82, 2.24) is 9.88 Å². The van der Waals surface area contributed by atoms with Gasteiger partial charge in [0.05, 0.1) is 0 Å². The second-order valence-corrected chi connectivity index (χ2v) is 3.45. The molecule has 0 atom stereocenters. The Kier molecular flexibility index (Phi) is 4.19. The summed E-state index contributed by atoms with van der Waals surface area (Å²) in [7, 11) is 0. The summed E-state index contributed by atoms with van der Waals surface area (Å²) in [5, 5.41) is 8.63. The number of primary amides is 1. The van der Waals surface area contributed by atoms with Gasteiger partial charge < -0.3 is 20.7 Å². The molecule has 0 saturated carbocycles. The Morgan fingerprint density at radius 3 is 2.44 bits per heavy atom. The number of aromatic nitrogens is 1. The van der Waals surface area contributed by atoms with E-state index >= 15 is 0 Å². The second kappa shape index (κ2) is 5.62. The van der Waals surface area contributed by atoms with Gasteiger partial charge in [0.2, 0.25) is 11.5 Å². The van der Waals surface area contributed by atoms with E-state index in [1.807, 2.05) is 0 Å². The third-order valence-electron chi connectivity index (χ3n) is 1.96. The standard InChI is InChI=1S/C10H11N3O5/c11-7(14)4-13(5-9(16)17)10(18)6-2-1-3-8(15)12-6/h1-3H,4-5H2,(H2,11,14)(H,12,15)(H,16,17). The number of pyridine rings is 1. The zero-order chi connectivity index (χ0) is 13.7. The molecule has 0 aromatic carbocycles. The third kappa shape index (κ3) is 3.74. The number of H-pyrrole nitrogens is 1. The molecule has 1 heterocycles. The molecular formula is C10H11N3O5. The van der Waals surface area contributed by atoms with Crippen LogP contribution in [0.3, 0.4) is 0 Å². The van der Waals surface area contributed by atoms with Gasteiger partial charge in [0.1, 0.15) is 18.8 Å². The molecule has 1 aromatic heterocycles. The van der Waals surface area contributed by atoms with E-state index in [-0.39, 0.29) is 5.69 Å². The molecule has 0 bridgehead atoms. The van der Waals surface area contributed by atoms with Crippen molar-refractivity contribution in [3.05, 3.63) is 34.2 Å². The van der Waals surface area contributed by atoms with Crippen LogP contribution >= 0.6 is 0 Å². The lowest BCUT2D eigenvalue weighted by Crippen LogP contribution is -2.42. The largest absolute Gasteiger partial charge is 0.480 e. The smallest absolute Gasteiger partial charge is 0.323 e. The van der Waals surface area contributed by atoms with E-state index in [0.717, 1.165) is 4.90 Å². The molecule has 0 unspecified atom stereocenters. The summed E-state index contributed by atoms with van der Waals surface area (Å²) < 4.78 is 0. The van der Waals surface area contributed by atoms with Crippen molar-refractivity contribution < 1.29 is 19.5 Å². The predicted molar refractivity (Wildman–Crippen MR) is 59.8 cm³/mol. The van der Waals surface area contributed by atoms with Gasteiger partial charge in [-0.15, -0.1) is 0 Å². The summed E-state index contributed by atoms with van der Waals surface area (Å²) >= 11 is 0. The lowest BCUT2D eigenvalue weighted by atomic mass is 10.3. The summed E-state index contributed by atoms with van der Waals surface area (Å²) in [5.41, 5.74) is 4.31. The monoisotopic (exact) mass is 253 g/mol. The lowest BCUT2D eigenvalue weighted by molar-refractivity contribution is -0.138. The first kappa shape index (κ1) is 13.4. The van der Waals surface area contributed by atoms with Crippen molar-refractivity contribution >= 4 is 17.8 Å². The maximum absolute atomic E-state index is 11.9. The second-order valence-electron chi connectivity index (χ2n) is 3.45. The van der Waals surface area contributed by atoms with Crippen molar-refractivity contribution in [3.8, 4) is 0 Å². The first-order valence-corrected chi connectivity index (χ1v) is 4.89. The van der Waals surface area contributed by atoms with Crippen LogP contribution in [0.4, 0.5) is 0 Å². The van der Waals surface area contributed by atoms with Gasteiger partial charge in [-0.05, 0) is 6.07 Å². The van der Waals surface area contributed by atoms with E-state index in [1.54, 1.807) is 0 Å². The van der Waals surface area contributed by atoms with Crippen molar-refractivity contribution in [2.45, 2.75) is 0 Å². The van der Waals surface area contributed by atoms with Crippen molar-refractivity contribution in [1.29, 1.82) is 0 Å². The number of nitrogens with zero attached hydrogens (tertiary/aromatic N) is 1. The summed E-state index contributed by atoms with van der Waals surface area (Å²) in [4.78, 5) is 47.2. The van der Waals surface area contributed by atoms with Crippen molar-refractivity contribution in [3.63, 3.8) is 0 Å². The van der Waals surface area contributed by atoms with E-state index in [4.69, 9.17) is 10.8 Å². The fourth-order valence-electron chi connectivity index (χ4n) is 1.29. The average molecular weight is 253 g/mol. The Morgan fingerprint density at radius 2 is 1.94 bits per heavy atom. The van der Waals surface area contributed by atoms with E-state index in [2.05, 4.69) is 4.98 Å². The van der Waals surface area contributed by atoms with Crippen LogP contribution in [-0.4, -0.2) is 45.9 Å². The van der Waals surface area contributed by atoms with Crippen LogP contribution < -0.4 is 11.3 Å². The Bertz CT molecular complexity index is 520. The molecule has 0 spiro atoms. The molecule has 0 radical (unpaired) electrons. The van der Waals surface area contributed by atoms with Crippen LogP contribution in [0.25, 0.3) is 0 Å². The van der Waals surface area contributed by atoms with Gasteiger partial charge in [-0.2, -0.15) is 0 Å². The normalized spacial score (nSPS) is 9.78. The van der Waals surface area contributed by atoms with Crippen LogP contribution in [0.5, 0.6) is 0 Å². The number of amides is 2. The van der Waals surface area contributed by atoms with Gasteiger partial charge in [0.15, 0.2) is 0 Å². The fraction of sp³-hybridized carbons (Fsp3) is 0.200. The van der Waals surface area contributed by atoms with Crippen molar-refractivity contribution in [2.24, 2.45) is 5.73 Å². The number of aliphatic carboxylic acids is 1. The maximum Gasteiger partial charge on any atom is 0.323 e. The Labute approximate surface area is 101 Å². The van der Waals surface area contributed by atoms with E-state index in [9.17, 15) is 19.2 Å². The number of nitrogens with one attached hydrogen (secondary N) is 1.